The summed E-state index contributed by atoms with van der Waals surface area (Å²) in [7, 11) is 1.33. The van der Waals surface area contributed by atoms with Crippen LogP contribution in [0.1, 0.15) is 22.3 Å². The number of esters is 1. The minimum atomic E-state index is -0.968. The molecule has 0 aliphatic carbocycles. The van der Waals surface area contributed by atoms with Crippen LogP contribution in [0.2, 0.25) is 0 Å². The van der Waals surface area contributed by atoms with Gasteiger partial charge in [-0.1, -0.05) is 91.0 Å². The minimum Gasteiger partial charge on any atom is -0.489 e. The van der Waals surface area contributed by atoms with Crippen LogP contribution in [0.3, 0.4) is 0 Å². The highest BCUT2D eigenvalue weighted by molar-refractivity contribution is 6.04. The van der Waals surface area contributed by atoms with Gasteiger partial charge >= 0.3 is 5.97 Å². The molecule has 3 atom stereocenters. The molecule has 0 fully saturated rings. The quantitative estimate of drug-likeness (QED) is 0.179. The topological polar surface area (TPSA) is 81.7 Å². The van der Waals surface area contributed by atoms with Gasteiger partial charge in [0.25, 0.3) is 0 Å². The number of hydrogen-bond acceptors (Lipinski definition) is 8. The van der Waals surface area contributed by atoms with Crippen LogP contribution in [-0.4, -0.2) is 31.8 Å². The number of fused-ring (bicyclic) bond motifs is 1. The molecule has 0 bridgehead atoms. The van der Waals surface area contributed by atoms with E-state index in [1.54, 1.807) is 0 Å². The SMILES string of the molecule is COC(=O)C1=C(C2=COC(Cc3ccccc3)O2)c2cc(OCc3ccccc3)ccc2OC1C1=COC(Cc2ccccc2)O1. The minimum absolute atomic E-state index is 0.195. The first-order valence-corrected chi connectivity index (χ1v) is 15.1. The van der Waals surface area contributed by atoms with Crippen molar-refractivity contribution in [2.45, 2.75) is 38.1 Å². The summed E-state index contributed by atoms with van der Waals surface area (Å²) in [5, 5.41) is 0. The van der Waals surface area contributed by atoms with E-state index in [1.807, 2.05) is 109 Å². The van der Waals surface area contributed by atoms with E-state index in [-0.39, 0.29) is 5.57 Å². The number of carbonyl (C=O) groups is 1. The van der Waals surface area contributed by atoms with E-state index < -0.39 is 24.7 Å². The second-order valence-corrected chi connectivity index (χ2v) is 11.0. The molecule has 4 aromatic rings. The van der Waals surface area contributed by atoms with Crippen molar-refractivity contribution in [3.8, 4) is 11.5 Å². The summed E-state index contributed by atoms with van der Waals surface area (Å²) in [6.45, 7) is 0.369. The second kappa shape index (κ2) is 13.2. The lowest BCUT2D eigenvalue weighted by Crippen LogP contribution is -2.33. The lowest BCUT2D eigenvalue weighted by molar-refractivity contribution is -0.137. The van der Waals surface area contributed by atoms with Gasteiger partial charge < -0.3 is 33.2 Å². The molecule has 46 heavy (non-hydrogen) atoms. The third-order valence-electron chi connectivity index (χ3n) is 7.83. The Bertz CT molecular complexity index is 1780. The first-order valence-electron chi connectivity index (χ1n) is 15.1. The second-order valence-electron chi connectivity index (χ2n) is 11.0. The number of carbonyl (C=O) groups excluding carboxylic acids is 1. The summed E-state index contributed by atoms with van der Waals surface area (Å²) in [4.78, 5) is 13.6. The largest absolute Gasteiger partial charge is 0.489 e. The molecule has 0 radical (unpaired) electrons. The molecular weight excluding hydrogens is 584 g/mol. The molecule has 0 saturated heterocycles. The van der Waals surface area contributed by atoms with E-state index in [1.165, 1.54) is 19.6 Å². The zero-order valence-corrected chi connectivity index (χ0v) is 25.2. The van der Waals surface area contributed by atoms with Gasteiger partial charge in [-0.3, -0.25) is 0 Å². The van der Waals surface area contributed by atoms with E-state index in [9.17, 15) is 4.79 Å². The predicted octanol–water partition coefficient (Wildman–Crippen LogP) is 6.87. The van der Waals surface area contributed by atoms with Crippen molar-refractivity contribution in [1.82, 2.24) is 0 Å². The van der Waals surface area contributed by atoms with Crippen molar-refractivity contribution in [3.63, 3.8) is 0 Å². The summed E-state index contributed by atoms with van der Waals surface area (Å²) in [6.07, 6.45) is 1.92. The zero-order chi connectivity index (χ0) is 31.3. The highest BCUT2D eigenvalue weighted by atomic mass is 16.7. The molecule has 0 spiro atoms. The van der Waals surface area contributed by atoms with Gasteiger partial charge in [-0.05, 0) is 34.9 Å². The van der Waals surface area contributed by atoms with Gasteiger partial charge in [0.15, 0.2) is 17.6 Å². The lowest BCUT2D eigenvalue weighted by Gasteiger charge is -2.30. The lowest BCUT2D eigenvalue weighted by atomic mass is 9.90. The number of allylic oxidation sites excluding steroid dienone is 1. The Morgan fingerprint density at radius 1 is 0.696 bits per heavy atom. The zero-order valence-electron chi connectivity index (χ0n) is 25.2. The smallest absolute Gasteiger partial charge is 0.338 e. The Labute approximate surface area is 267 Å². The summed E-state index contributed by atoms with van der Waals surface area (Å²) >= 11 is 0. The van der Waals surface area contributed by atoms with Crippen LogP contribution >= 0.6 is 0 Å². The molecule has 8 heteroatoms. The van der Waals surface area contributed by atoms with Crippen molar-refractivity contribution in [2.24, 2.45) is 0 Å². The number of methoxy groups -OCH3 is 1. The Morgan fingerprint density at radius 3 is 1.96 bits per heavy atom. The number of hydrogen-bond donors (Lipinski definition) is 0. The van der Waals surface area contributed by atoms with E-state index in [0.717, 1.165) is 16.7 Å². The Hall–Kier alpha value is -5.63. The molecule has 0 aromatic heterocycles. The van der Waals surface area contributed by atoms with Crippen molar-refractivity contribution in [1.29, 1.82) is 0 Å². The molecule has 3 unspecified atom stereocenters. The maximum Gasteiger partial charge on any atom is 0.338 e. The first kappa shape index (κ1) is 29.1. The average Bonchev–Trinajstić information content (AvgIpc) is 3.77. The van der Waals surface area contributed by atoms with Crippen LogP contribution < -0.4 is 9.47 Å². The maximum absolute atomic E-state index is 13.6. The number of rotatable bonds is 10. The Morgan fingerprint density at radius 2 is 1.30 bits per heavy atom. The highest BCUT2D eigenvalue weighted by Gasteiger charge is 2.43. The van der Waals surface area contributed by atoms with Crippen LogP contribution in [0.25, 0.3) is 5.57 Å². The van der Waals surface area contributed by atoms with E-state index in [4.69, 9.17) is 33.2 Å². The molecule has 7 rings (SSSR count). The fourth-order valence-corrected chi connectivity index (χ4v) is 5.60. The number of benzene rings is 4. The van der Waals surface area contributed by atoms with Gasteiger partial charge in [0, 0.05) is 24.0 Å². The average molecular weight is 617 g/mol. The monoisotopic (exact) mass is 616 g/mol. The van der Waals surface area contributed by atoms with E-state index in [0.29, 0.717) is 53.6 Å². The summed E-state index contributed by atoms with van der Waals surface area (Å²) in [6, 6.07) is 35.2. The molecule has 0 saturated carbocycles. The maximum atomic E-state index is 13.6. The van der Waals surface area contributed by atoms with E-state index >= 15 is 0 Å². The Kier molecular flexibility index (Phi) is 8.32. The van der Waals surface area contributed by atoms with E-state index in [2.05, 4.69) is 0 Å². The van der Waals surface area contributed by atoms with Crippen molar-refractivity contribution in [2.75, 3.05) is 7.11 Å². The molecule has 3 aliphatic rings. The van der Waals surface area contributed by atoms with Gasteiger partial charge in [-0.25, -0.2) is 4.79 Å². The summed E-state index contributed by atoms with van der Waals surface area (Å²) < 4.78 is 42.3. The molecule has 3 heterocycles. The van der Waals surface area contributed by atoms with Crippen molar-refractivity contribution >= 4 is 11.5 Å². The molecule has 0 amide bonds. The number of ether oxygens (including phenoxy) is 7. The van der Waals surface area contributed by atoms with Gasteiger partial charge in [0.05, 0.1) is 12.7 Å². The fraction of sp³-hybridized carbons (Fsp3) is 0.184. The molecule has 8 nitrogen and oxygen atoms in total. The molecule has 4 aromatic carbocycles. The van der Waals surface area contributed by atoms with Crippen LogP contribution in [0.15, 0.2) is 139 Å². The van der Waals surface area contributed by atoms with Crippen LogP contribution in [0.5, 0.6) is 11.5 Å². The fourth-order valence-electron chi connectivity index (χ4n) is 5.60. The van der Waals surface area contributed by atoms with Gasteiger partial charge in [0.1, 0.15) is 30.6 Å². The summed E-state index contributed by atoms with van der Waals surface area (Å²) in [5.74, 6) is 1.21. The van der Waals surface area contributed by atoms with Crippen molar-refractivity contribution < 1.29 is 38.0 Å². The molecule has 0 N–H and O–H groups in total. The third kappa shape index (κ3) is 6.28. The summed E-state index contributed by atoms with van der Waals surface area (Å²) in [5.41, 5.74) is 4.39. The van der Waals surface area contributed by atoms with Crippen LogP contribution in [-0.2, 0) is 47.9 Å². The molecule has 232 valence electrons. The third-order valence-corrected chi connectivity index (χ3v) is 7.83. The molecular formula is C38H32O8. The van der Waals surface area contributed by atoms with Gasteiger partial charge in [-0.2, -0.15) is 0 Å². The normalized spacial score (nSPS) is 19.7. The highest BCUT2D eigenvalue weighted by Crippen LogP contribution is 2.46. The standard InChI is InChI=1S/C38H32O8/c1-40-38(39)36-35(31-23-42-33(44-31)19-25-11-5-2-6-12-25)29-21-28(41-22-27-15-9-4-10-16-27)17-18-30(29)46-37(36)32-24-43-34(45-32)20-26-13-7-3-8-14-26/h2-18,21,23-24,33-34,37H,19-20,22H2,1H3. The predicted molar refractivity (Wildman–Crippen MR) is 169 cm³/mol. The Balaban J connectivity index is 1.22. The van der Waals surface area contributed by atoms with Crippen LogP contribution in [0.4, 0.5) is 0 Å². The molecule has 3 aliphatic heterocycles. The van der Waals surface area contributed by atoms with Crippen LogP contribution in [0, 0.1) is 0 Å². The van der Waals surface area contributed by atoms with Gasteiger partial charge in [0.2, 0.25) is 12.6 Å². The first-order chi connectivity index (χ1) is 22.6. The van der Waals surface area contributed by atoms with Gasteiger partial charge in [-0.15, -0.1) is 0 Å². The van der Waals surface area contributed by atoms with Crippen molar-refractivity contribution in [3.05, 3.63) is 161 Å².